The zero-order valence-electron chi connectivity index (χ0n) is 11.1. The highest BCUT2D eigenvalue weighted by molar-refractivity contribution is 9.10. The summed E-state index contributed by atoms with van der Waals surface area (Å²) in [5.74, 6) is -0.726. The van der Waals surface area contributed by atoms with Crippen LogP contribution in [0.15, 0.2) is 16.6 Å². The van der Waals surface area contributed by atoms with Crippen molar-refractivity contribution in [3.8, 4) is 5.75 Å². The highest BCUT2D eigenvalue weighted by atomic mass is 79.9. The number of benzene rings is 1. The Labute approximate surface area is 123 Å². The summed E-state index contributed by atoms with van der Waals surface area (Å²) in [6.07, 6.45) is 0. The predicted octanol–water partition coefficient (Wildman–Crippen LogP) is 2.51. The van der Waals surface area contributed by atoms with Gasteiger partial charge < -0.3 is 19.2 Å². The molecule has 0 amide bonds. The number of methoxy groups -OCH3 is 3. The number of hydrogen-bond acceptors (Lipinski definition) is 5. The first-order valence-corrected chi connectivity index (χ1v) is 6.38. The van der Waals surface area contributed by atoms with Crippen molar-refractivity contribution < 1.29 is 23.8 Å². The van der Waals surface area contributed by atoms with Crippen LogP contribution in [0, 0.1) is 0 Å². The van der Waals surface area contributed by atoms with Crippen molar-refractivity contribution in [3.05, 3.63) is 27.9 Å². The minimum absolute atomic E-state index is 0.0505. The predicted molar refractivity (Wildman–Crippen MR) is 75.2 cm³/mol. The summed E-state index contributed by atoms with van der Waals surface area (Å²) in [6.45, 7) is 0. The molecule has 0 saturated heterocycles. The van der Waals surface area contributed by atoms with Crippen molar-refractivity contribution in [1.82, 2.24) is 4.98 Å². The lowest BCUT2D eigenvalue weighted by molar-refractivity contribution is 0.0553. The summed E-state index contributed by atoms with van der Waals surface area (Å²) < 4.78 is 15.3. The summed E-state index contributed by atoms with van der Waals surface area (Å²) in [4.78, 5) is 26.5. The summed E-state index contributed by atoms with van der Waals surface area (Å²) >= 11 is 3.34. The average molecular weight is 342 g/mol. The number of hydrogen-bond donors (Lipinski definition) is 1. The third kappa shape index (κ3) is 2.24. The largest absolute Gasteiger partial charge is 0.496 e. The van der Waals surface area contributed by atoms with Crippen LogP contribution in [-0.4, -0.2) is 38.3 Å². The van der Waals surface area contributed by atoms with E-state index in [4.69, 9.17) is 9.47 Å². The topological polar surface area (TPSA) is 77.6 Å². The third-order valence-corrected chi connectivity index (χ3v) is 3.47. The van der Waals surface area contributed by atoms with Gasteiger partial charge in [-0.3, -0.25) is 0 Å². The molecule has 2 rings (SSSR count). The van der Waals surface area contributed by atoms with Gasteiger partial charge in [-0.25, -0.2) is 9.59 Å². The van der Waals surface area contributed by atoms with E-state index in [2.05, 4.69) is 25.7 Å². The minimum atomic E-state index is -0.642. The minimum Gasteiger partial charge on any atom is -0.496 e. The van der Waals surface area contributed by atoms with Crippen LogP contribution in [-0.2, 0) is 9.47 Å². The Hall–Kier alpha value is -2.02. The number of halogens is 1. The van der Waals surface area contributed by atoms with Gasteiger partial charge in [0.25, 0.3) is 0 Å². The molecule has 0 aliphatic heterocycles. The summed E-state index contributed by atoms with van der Waals surface area (Å²) in [5, 5.41) is 0.525. The second-order valence-electron chi connectivity index (χ2n) is 3.89. The SMILES string of the molecule is COC(=O)c1[nH]c2cc(Br)c(OC)cc2c1C(=O)OC. The molecule has 0 spiro atoms. The number of aromatic amines is 1. The molecule has 0 bridgehead atoms. The normalized spacial score (nSPS) is 10.4. The maximum atomic E-state index is 11.9. The van der Waals surface area contributed by atoms with Crippen molar-refractivity contribution in [2.75, 3.05) is 21.3 Å². The molecule has 0 radical (unpaired) electrons. The lowest BCUT2D eigenvalue weighted by atomic mass is 10.1. The van der Waals surface area contributed by atoms with Crippen molar-refractivity contribution >= 4 is 38.8 Å². The van der Waals surface area contributed by atoms with E-state index in [1.165, 1.54) is 21.3 Å². The van der Waals surface area contributed by atoms with Crippen LogP contribution in [0.5, 0.6) is 5.75 Å². The molecule has 0 fully saturated rings. The van der Waals surface area contributed by atoms with Crippen LogP contribution in [0.2, 0.25) is 0 Å². The first kappa shape index (κ1) is 14.4. The average Bonchev–Trinajstić information content (AvgIpc) is 2.82. The first-order chi connectivity index (χ1) is 9.53. The number of aromatic nitrogens is 1. The Kier molecular flexibility index (Phi) is 3.99. The Morgan fingerprint density at radius 2 is 1.75 bits per heavy atom. The molecule has 20 heavy (non-hydrogen) atoms. The Morgan fingerprint density at radius 1 is 1.10 bits per heavy atom. The zero-order valence-corrected chi connectivity index (χ0v) is 12.7. The van der Waals surface area contributed by atoms with E-state index in [0.717, 1.165) is 0 Å². The maximum absolute atomic E-state index is 11.9. The fourth-order valence-corrected chi connectivity index (χ4v) is 2.43. The highest BCUT2D eigenvalue weighted by Gasteiger charge is 2.25. The molecule has 0 saturated carbocycles. The number of H-pyrrole nitrogens is 1. The van der Waals surface area contributed by atoms with Crippen LogP contribution in [0.1, 0.15) is 20.8 Å². The molecule has 1 N–H and O–H groups in total. The van der Waals surface area contributed by atoms with Gasteiger partial charge in [-0.2, -0.15) is 0 Å². The highest BCUT2D eigenvalue weighted by Crippen LogP contribution is 2.33. The molecule has 1 heterocycles. The van der Waals surface area contributed by atoms with Gasteiger partial charge in [-0.05, 0) is 28.1 Å². The van der Waals surface area contributed by atoms with Gasteiger partial charge in [0.1, 0.15) is 11.4 Å². The number of nitrogens with one attached hydrogen (secondary N) is 1. The van der Waals surface area contributed by atoms with E-state index in [1.54, 1.807) is 12.1 Å². The third-order valence-electron chi connectivity index (χ3n) is 2.85. The molecule has 1 aromatic heterocycles. The van der Waals surface area contributed by atoms with Crippen molar-refractivity contribution in [2.24, 2.45) is 0 Å². The first-order valence-electron chi connectivity index (χ1n) is 5.59. The molecule has 106 valence electrons. The number of esters is 2. The summed E-state index contributed by atoms with van der Waals surface area (Å²) in [6, 6.07) is 3.36. The molecule has 6 nitrogen and oxygen atoms in total. The fourth-order valence-electron chi connectivity index (χ4n) is 1.92. The maximum Gasteiger partial charge on any atom is 0.355 e. The molecular weight excluding hydrogens is 330 g/mol. The molecule has 0 atom stereocenters. The summed E-state index contributed by atoms with van der Waals surface area (Å²) in [7, 11) is 4.00. The number of ether oxygens (including phenoxy) is 3. The van der Waals surface area contributed by atoms with Crippen LogP contribution in [0.3, 0.4) is 0 Å². The van der Waals surface area contributed by atoms with Gasteiger partial charge in [0.2, 0.25) is 0 Å². The second kappa shape index (κ2) is 5.54. The van der Waals surface area contributed by atoms with Crippen molar-refractivity contribution in [3.63, 3.8) is 0 Å². The quantitative estimate of drug-likeness (QED) is 0.868. The Bertz CT molecular complexity index is 692. The molecule has 0 aliphatic carbocycles. The number of carbonyl (C=O) groups excluding carboxylic acids is 2. The van der Waals surface area contributed by atoms with Crippen molar-refractivity contribution in [2.45, 2.75) is 0 Å². The van der Waals surface area contributed by atoms with Gasteiger partial charge >= 0.3 is 11.9 Å². The smallest absolute Gasteiger partial charge is 0.355 e. The van der Waals surface area contributed by atoms with Crippen LogP contribution < -0.4 is 4.74 Å². The Morgan fingerprint density at radius 3 is 2.30 bits per heavy atom. The molecule has 0 unspecified atom stereocenters. The van der Waals surface area contributed by atoms with E-state index in [0.29, 0.717) is 21.1 Å². The van der Waals surface area contributed by atoms with Crippen LogP contribution in [0.25, 0.3) is 10.9 Å². The zero-order chi connectivity index (χ0) is 14.9. The van der Waals surface area contributed by atoms with Gasteiger partial charge in [0, 0.05) is 10.9 Å². The van der Waals surface area contributed by atoms with Crippen molar-refractivity contribution in [1.29, 1.82) is 0 Å². The van der Waals surface area contributed by atoms with Crippen LogP contribution >= 0.6 is 15.9 Å². The number of carbonyl (C=O) groups is 2. The van der Waals surface area contributed by atoms with Gasteiger partial charge in [-0.15, -0.1) is 0 Å². The lowest BCUT2D eigenvalue weighted by Gasteiger charge is -2.04. The van der Waals surface area contributed by atoms with Gasteiger partial charge in [0.05, 0.1) is 31.4 Å². The second-order valence-corrected chi connectivity index (χ2v) is 4.74. The molecule has 0 aliphatic rings. The summed E-state index contributed by atoms with van der Waals surface area (Å²) in [5.41, 5.74) is 0.771. The van der Waals surface area contributed by atoms with Gasteiger partial charge in [0.15, 0.2) is 0 Å². The molecule has 2 aromatic rings. The number of fused-ring (bicyclic) bond motifs is 1. The monoisotopic (exact) mass is 341 g/mol. The van der Waals surface area contributed by atoms with Gasteiger partial charge in [-0.1, -0.05) is 0 Å². The van der Waals surface area contributed by atoms with E-state index in [9.17, 15) is 9.59 Å². The van der Waals surface area contributed by atoms with E-state index >= 15 is 0 Å². The Balaban J connectivity index is 2.80. The van der Waals surface area contributed by atoms with E-state index in [-0.39, 0.29) is 11.3 Å². The van der Waals surface area contributed by atoms with E-state index < -0.39 is 11.9 Å². The standard InChI is InChI=1S/C13H12BrNO5/c1-18-9-4-6-8(5-7(9)14)15-11(13(17)20-3)10(6)12(16)19-2/h4-5,15H,1-3H3. The molecular formula is C13H12BrNO5. The molecule has 1 aromatic carbocycles. The fraction of sp³-hybridized carbons (Fsp3) is 0.231. The van der Waals surface area contributed by atoms with E-state index in [1.807, 2.05) is 0 Å². The number of rotatable bonds is 3. The molecule has 7 heteroatoms. The van der Waals surface area contributed by atoms with Crippen LogP contribution in [0.4, 0.5) is 0 Å². The lowest BCUT2D eigenvalue weighted by Crippen LogP contribution is -2.10.